The third-order valence-electron chi connectivity index (χ3n) is 3.44. The van der Waals surface area contributed by atoms with Gasteiger partial charge in [0.1, 0.15) is 0 Å². The second-order valence-electron chi connectivity index (χ2n) is 4.59. The summed E-state index contributed by atoms with van der Waals surface area (Å²) in [4.78, 5) is 0. The van der Waals surface area contributed by atoms with Crippen molar-refractivity contribution in [3.63, 3.8) is 0 Å². The van der Waals surface area contributed by atoms with Crippen molar-refractivity contribution in [1.82, 2.24) is 0 Å². The molecular weight excluding hydrogens is 156 g/mol. The summed E-state index contributed by atoms with van der Waals surface area (Å²) in [5, 5.41) is 0.451. The summed E-state index contributed by atoms with van der Waals surface area (Å²) in [7, 11) is 0. The first-order chi connectivity index (χ1) is 5.20. The Balaban J connectivity index is 1.94. The summed E-state index contributed by atoms with van der Waals surface area (Å²) in [6, 6.07) is 0. The highest BCUT2D eigenvalue weighted by Gasteiger charge is 2.50. The topological polar surface area (TPSA) is 0 Å². The van der Waals surface area contributed by atoms with E-state index in [9.17, 15) is 0 Å². The zero-order valence-corrected chi connectivity index (χ0v) is 8.14. The van der Waals surface area contributed by atoms with Crippen molar-refractivity contribution in [2.75, 3.05) is 0 Å². The van der Waals surface area contributed by atoms with Gasteiger partial charge in [0.25, 0.3) is 0 Å². The second kappa shape index (κ2) is 2.65. The van der Waals surface area contributed by atoms with E-state index in [2.05, 4.69) is 13.8 Å². The average Bonchev–Trinajstić information content (AvgIpc) is 2.62. The van der Waals surface area contributed by atoms with Crippen LogP contribution in [-0.4, -0.2) is 5.38 Å². The molecule has 11 heavy (non-hydrogen) atoms. The molecule has 2 rings (SSSR count). The van der Waals surface area contributed by atoms with Crippen LogP contribution in [0.3, 0.4) is 0 Å². The van der Waals surface area contributed by atoms with Crippen LogP contribution < -0.4 is 0 Å². The standard InChI is InChI=1S/C10H17Cl/c1-6(2)10(11)8-4-3-7-5-9(7)8/h6-10H,3-5H2,1-2H3. The Hall–Kier alpha value is 0.290. The molecule has 2 aliphatic carbocycles. The number of hydrogen-bond donors (Lipinski definition) is 0. The Bertz CT molecular complexity index is 153. The molecule has 64 valence electrons. The van der Waals surface area contributed by atoms with Gasteiger partial charge in [0.05, 0.1) is 0 Å². The summed E-state index contributed by atoms with van der Waals surface area (Å²) in [5.41, 5.74) is 0. The van der Waals surface area contributed by atoms with Gasteiger partial charge in [-0.1, -0.05) is 13.8 Å². The van der Waals surface area contributed by atoms with Crippen LogP contribution in [0.5, 0.6) is 0 Å². The predicted octanol–water partition coefficient (Wildman–Crippen LogP) is 3.30. The first-order valence-electron chi connectivity index (χ1n) is 4.84. The smallest absolute Gasteiger partial charge is 0.0389 e. The van der Waals surface area contributed by atoms with Crippen molar-refractivity contribution < 1.29 is 0 Å². The van der Waals surface area contributed by atoms with Crippen LogP contribution in [0.15, 0.2) is 0 Å². The predicted molar refractivity (Wildman–Crippen MR) is 48.8 cm³/mol. The van der Waals surface area contributed by atoms with Gasteiger partial charge in [-0.05, 0) is 42.9 Å². The molecule has 0 aliphatic heterocycles. The lowest BCUT2D eigenvalue weighted by Gasteiger charge is -2.21. The highest BCUT2D eigenvalue weighted by Crippen LogP contribution is 2.57. The summed E-state index contributed by atoms with van der Waals surface area (Å²) in [6.07, 6.45) is 4.35. The van der Waals surface area contributed by atoms with E-state index in [-0.39, 0.29) is 0 Å². The van der Waals surface area contributed by atoms with Crippen LogP contribution in [0.2, 0.25) is 0 Å². The van der Waals surface area contributed by atoms with Gasteiger partial charge in [-0.25, -0.2) is 0 Å². The van der Waals surface area contributed by atoms with Gasteiger partial charge in [-0.15, -0.1) is 11.6 Å². The van der Waals surface area contributed by atoms with Gasteiger partial charge in [-0.3, -0.25) is 0 Å². The fourth-order valence-electron chi connectivity index (χ4n) is 2.64. The second-order valence-corrected chi connectivity index (χ2v) is 5.09. The molecule has 4 unspecified atom stereocenters. The minimum atomic E-state index is 0.451. The van der Waals surface area contributed by atoms with Crippen LogP contribution in [0, 0.1) is 23.7 Å². The number of hydrogen-bond acceptors (Lipinski definition) is 0. The van der Waals surface area contributed by atoms with E-state index in [0.717, 1.165) is 17.8 Å². The lowest BCUT2D eigenvalue weighted by molar-refractivity contribution is 0.388. The van der Waals surface area contributed by atoms with Gasteiger partial charge in [0.2, 0.25) is 0 Å². The van der Waals surface area contributed by atoms with Crippen LogP contribution >= 0.6 is 11.6 Å². The first-order valence-corrected chi connectivity index (χ1v) is 5.28. The molecule has 0 N–H and O–H groups in total. The molecule has 2 saturated carbocycles. The third-order valence-corrected chi connectivity index (χ3v) is 4.27. The molecule has 0 heterocycles. The Kier molecular flexibility index (Phi) is 1.91. The maximum absolute atomic E-state index is 6.34. The maximum Gasteiger partial charge on any atom is 0.0389 e. The van der Waals surface area contributed by atoms with Crippen molar-refractivity contribution in [3.8, 4) is 0 Å². The molecule has 4 atom stereocenters. The number of halogens is 1. The van der Waals surface area contributed by atoms with Crippen LogP contribution in [0.1, 0.15) is 33.1 Å². The van der Waals surface area contributed by atoms with E-state index in [1.165, 1.54) is 19.3 Å². The first kappa shape index (κ1) is 7.91. The fraction of sp³-hybridized carbons (Fsp3) is 1.00. The van der Waals surface area contributed by atoms with Crippen molar-refractivity contribution in [2.45, 2.75) is 38.5 Å². The molecule has 0 aromatic rings. The molecule has 0 bridgehead atoms. The van der Waals surface area contributed by atoms with E-state index < -0.39 is 0 Å². The molecule has 0 aromatic carbocycles. The molecule has 0 nitrogen and oxygen atoms in total. The Labute approximate surface area is 74.3 Å². The SMILES string of the molecule is CC(C)C(Cl)C1CCC2CC21. The molecule has 0 spiro atoms. The Morgan fingerprint density at radius 1 is 1.27 bits per heavy atom. The molecule has 0 radical (unpaired) electrons. The van der Waals surface area contributed by atoms with Crippen LogP contribution in [0.4, 0.5) is 0 Å². The minimum absolute atomic E-state index is 0.451. The molecule has 0 saturated heterocycles. The molecule has 1 heteroatoms. The quantitative estimate of drug-likeness (QED) is 0.561. The van der Waals surface area contributed by atoms with E-state index in [4.69, 9.17) is 11.6 Å². The molecule has 0 aromatic heterocycles. The van der Waals surface area contributed by atoms with E-state index in [1.807, 2.05) is 0 Å². The van der Waals surface area contributed by atoms with Crippen LogP contribution in [-0.2, 0) is 0 Å². The molecular formula is C10H17Cl. The Morgan fingerprint density at radius 2 is 2.00 bits per heavy atom. The van der Waals surface area contributed by atoms with E-state index in [0.29, 0.717) is 11.3 Å². The Morgan fingerprint density at radius 3 is 2.36 bits per heavy atom. The number of rotatable bonds is 2. The largest absolute Gasteiger partial charge is 0.122 e. The fourth-order valence-corrected chi connectivity index (χ4v) is 2.95. The van der Waals surface area contributed by atoms with Gasteiger partial charge in [0.15, 0.2) is 0 Å². The van der Waals surface area contributed by atoms with Crippen LogP contribution in [0.25, 0.3) is 0 Å². The lowest BCUT2D eigenvalue weighted by atomic mass is 9.92. The normalized spacial score (nSPS) is 44.2. The van der Waals surface area contributed by atoms with Gasteiger partial charge >= 0.3 is 0 Å². The monoisotopic (exact) mass is 172 g/mol. The van der Waals surface area contributed by atoms with Gasteiger partial charge < -0.3 is 0 Å². The summed E-state index contributed by atoms with van der Waals surface area (Å²) < 4.78 is 0. The van der Waals surface area contributed by atoms with Gasteiger partial charge in [-0.2, -0.15) is 0 Å². The van der Waals surface area contributed by atoms with E-state index in [1.54, 1.807) is 0 Å². The summed E-state index contributed by atoms with van der Waals surface area (Å²) in [5.74, 6) is 3.64. The molecule has 2 aliphatic rings. The zero-order valence-electron chi connectivity index (χ0n) is 7.39. The maximum atomic E-state index is 6.34. The minimum Gasteiger partial charge on any atom is -0.122 e. The van der Waals surface area contributed by atoms with Crippen molar-refractivity contribution >= 4 is 11.6 Å². The third kappa shape index (κ3) is 1.30. The van der Waals surface area contributed by atoms with Crippen molar-refractivity contribution in [3.05, 3.63) is 0 Å². The average molecular weight is 173 g/mol. The van der Waals surface area contributed by atoms with Gasteiger partial charge in [0, 0.05) is 5.38 Å². The van der Waals surface area contributed by atoms with Crippen molar-refractivity contribution in [1.29, 1.82) is 0 Å². The summed E-state index contributed by atoms with van der Waals surface area (Å²) >= 11 is 6.34. The summed E-state index contributed by atoms with van der Waals surface area (Å²) in [6.45, 7) is 4.49. The number of fused-ring (bicyclic) bond motifs is 1. The number of alkyl halides is 1. The van der Waals surface area contributed by atoms with E-state index >= 15 is 0 Å². The zero-order chi connectivity index (χ0) is 8.01. The highest BCUT2D eigenvalue weighted by molar-refractivity contribution is 6.21. The van der Waals surface area contributed by atoms with Crippen molar-refractivity contribution in [2.24, 2.45) is 23.7 Å². The lowest BCUT2D eigenvalue weighted by Crippen LogP contribution is -2.20. The highest BCUT2D eigenvalue weighted by atomic mass is 35.5. The molecule has 0 amide bonds. The molecule has 2 fully saturated rings.